The summed E-state index contributed by atoms with van der Waals surface area (Å²) in [7, 11) is 4.04. The molecule has 1 aromatic carbocycles. The van der Waals surface area contributed by atoms with Crippen LogP contribution in [0.4, 0.5) is 11.5 Å². The molecule has 0 aliphatic carbocycles. The van der Waals surface area contributed by atoms with Gasteiger partial charge in [0.15, 0.2) is 0 Å². The van der Waals surface area contributed by atoms with E-state index in [0.717, 1.165) is 16.8 Å². The molecule has 3 N–H and O–H groups in total. The third kappa shape index (κ3) is 1.74. The SMILES string of the molecule is Cc1ccc(-c2cn[nH]c2N)c(N(C)C)c1. The van der Waals surface area contributed by atoms with Crippen LogP contribution in [0.2, 0.25) is 0 Å². The Hall–Kier alpha value is -1.97. The maximum atomic E-state index is 5.84. The van der Waals surface area contributed by atoms with Gasteiger partial charge in [-0.2, -0.15) is 5.10 Å². The average Bonchev–Trinajstić information content (AvgIpc) is 2.64. The van der Waals surface area contributed by atoms with Crippen LogP contribution in [0.1, 0.15) is 5.56 Å². The molecule has 2 aromatic rings. The summed E-state index contributed by atoms with van der Waals surface area (Å²) in [5.41, 5.74) is 10.3. The summed E-state index contributed by atoms with van der Waals surface area (Å²) in [6.45, 7) is 2.08. The summed E-state index contributed by atoms with van der Waals surface area (Å²) in [5, 5.41) is 6.71. The Morgan fingerprint density at radius 3 is 2.56 bits per heavy atom. The molecule has 1 aromatic heterocycles. The molecule has 1 heterocycles. The third-order valence-electron chi connectivity index (χ3n) is 2.59. The molecule has 0 bridgehead atoms. The standard InChI is InChI=1S/C12H16N4/c1-8-4-5-9(11(6-8)16(2)3)10-7-14-15-12(10)13/h4-7H,1-3H3,(H3,13,14,15). The molecular formula is C12H16N4. The van der Waals surface area contributed by atoms with E-state index in [1.807, 2.05) is 14.1 Å². The van der Waals surface area contributed by atoms with Crippen molar-refractivity contribution in [2.24, 2.45) is 0 Å². The minimum Gasteiger partial charge on any atom is -0.384 e. The highest BCUT2D eigenvalue weighted by atomic mass is 15.1. The second-order valence-electron chi connectivity index (χ2n) is 4.11. The van der Waals surface area contributed by atoms with Gasteiger partial charge in [-0.05, 0) is 18.6 Å². The number of hydrogen-bond donors (Lipinski definition) is 2. The summed E-state index contributed by atoms with van der Waals surface area (Å²) < 4.78 is 0. The molecule has 4 nitrogen and oxygen atoms in total. The minimum atomic E-state index is 0.604. The number of aromatic nitrogens is 2. The van der Waals surface area contributed by atoms with Gasteiger partial charge < -0.3 is 10.6 Å². The highest BCUT2D eigenvalue weighted by molar-refractivity contribution is 5.84. The number of nitrogens with zero attached hydrogens (tertiary/aromatic N) is 2. The largest absolute Gasteiger partial charge is 0.384 e. The van der Waals surface area contributed by atoms with E-state index in [9.17, 15) is 0 Å². The van der Waals surface area contributed by atoms with E-state index >= 15 is 0 Å². The van der Waals surface area contributed by atoms with E-state index in [-0.39, 0.29) is 0 Å². The van der Waals surface area contributed by atoms with Gasteiger partial charge in [0.1, 0.15) is 5.82 Å². The maximum Gasteiger partial charge on any atom is 0.126 e. The quantitative estimate of drug-likeness (QED) is 0.807. The van der Waals surface area contributed by atoms with Crippen LogP contribution in [-0.4, -0.2) is 24.3 Å². The number of aromatic amines is 1. The molecule has 84 valence electrons. The monoisotopic (exact) mass is 216 g/mol. The number of rotatable bonds is 2. The molecule has 16 heavy (non-hydrogen) atoms. The molecule has 0 radical (unpaired) electrons. The molecule has 0 fully saturated rings. The second kappa shape index (κ2) is 3.89. The van der Waals surface area contributed by atoms with Crippen molar-refractivity contribution in [3.63, 3.8) is 0 Å². The smallest absolute Gasteiger partial charge is 0.126 e. The lowest BCUT2D eigenvalue weighted by molar-refractivity contribution is 1.10. The van der Waals surface area contributed by atoms with Gasteiger partial charge in [0.2, 0.25) is 0 Å². The highest BCUT2D eigenvalue weighted by Crippen LogP contribution is 2.33. The third-order valence-corrected chi connectivity index (χ3v) is 2.59. The van der Waals surface area contributed by atoms with E-state index in [2.05, 4.69) is 40.2 Å². The van der Waals surface area contributed by atoms with E-state index in [4.69, 9.17) is 5.73 Å². The van der Waals surface area contributed by atoms with Gasteiger partial charge in [0, 0.05) is 30.9 Å². The predicted octanol–water partition coefficient (Wildman–Crippen LogP) is 2.03. The van der Waals surface area contributed by atoms with E-state index in [1.54, 1.807) is 6.20 Å². The van der Waals surface area contributed by atoms with Crippen molar-refractivity contribution >= 4 is 11.5 Å². The van der Waals surface area contributed by atoms with Gasteiger partial charge in [-0.15, -0.1) is 0 Å². The fourth-order valence-corrected chi connectivity index (χ4v) is 1.75. The first-order valence-corrected chi connectivity index (χ1v) is 5.17. The van der Waals surface area contributed by atoms with Crippen LogP contribution in [0.15, 0.2) is 24.4 Å². The van der Waals surface area contributed by atoms with Gasteiger partial charge in [-0.1, -0.05) is 12.1 Å². The number of nitrogen functional groups attached to an aromatic ring is 1. The average molecular weight is 216 g/mol. The molecule has 0 aliphatic heterocycles. The first kappa shape index (κ1) is 10.5. The zero-order chi connectivity index (χ0) is 11.7. The summed E-state index contributed by atoms with van der Waals surface area (Å²) in [6, 6.07) is 6.29. The summed E-state index contributed by atoms with van der Waals surface area (Å²) >= 11 is 0. The van der Waals surface area contributed by atoms with Crippen molar-refractivity contribution in [3.8, 4) is 11.1 Å². The van der Waals surface area contributed by atoms with Gasteiger partial charge in [-0.3, -0.25) is 5.10 Å². The van der Waals surface area contributed by atoms with Crippen LogP contribution in [0, 0.1) is 6.92 Å². The predicted molar refractivity (Wildman–Crippen MR) is 67.5 cm³/mol. The molecule has 4 heteroatoms. The topological polar surface area (TPSA) is 57.9 Å². The number of benzene rings is 1. The fourth-order valence-electron chi connectivity index (χ4n) is 1.75. The Labute approximate surface area is 95.1 Å². The van der Waals surface area contributed by atoms with Crippen LogP contribution in [-0.2, 0) is 0 Å². The van der Waals surface area contributed by atoms with Crippen molar-refractivity contribution in [1.29, 1.82) is 0 Å². The van der Waals surface area contributed by atoms with E-state index in [1.165, 1.54) is 5.56 Å². The lowest BCUT2D eigenvalue weighted by Crippen LogP contribution is -2.10. The zero-order valence-electron chi connectivity index (χ0n) is 9.78. The van der Waals surface area contributed by atoms with Crippen LogP contribution >= 0.6 is 0 Å². The normalized spacial score (nSPS) is 10.4. The van der Waals surface area contributed by atoms with Crippen molar-refractivity contribution in [3.05, 3.63) is 30.0 Å². The van der Waals surface area contributed by atoms with Gasteiger partial charge in [-0.25, -0.2) is 0 Å². The highest BCUT2D eigenvalue weighted by Gasteiger charge is 2.11. The van der Waals surface area contributed by atoms with Gasteiger partial charge in [0.05, 0.1) is 6.20 Å². The van der Waals surface area contributed by atoms with Crippen LogP contribution in [0.5, 0.6) is 0 Å². The fraction of sp³-hybridized carbons (Fsp3) is 0.250. The van der Waals surface area contributed by atoms with Crippen LogP contribution < -0.4 is 10.6 Å². The van der Waals surface area contributed by atoms with E-state index < -0.39 is 0 Å². The Balaban J connectivity index is 2.61. The zero-order valence-corrected chi connectivity index (χ0v) is 9.78. The molecule has 0 saturated heterocycles. The van der Waals surface area contributed by atoms with E-state index in [0.29, 0.717) is 5.82 Å². The number of nitrogens with one attached hydrogen (secondary N) is 1. The van der Waals surface area contributed by atoms with Crippen molar-refractivity contribution < 1.29 is 0 Å². The summed E-state index contributed by atoms with van der Waals surface area (Å²) in [4.78, 5) is 2.08. The Kier molecular flexibility index (Phi) is 2.56. The number of H-pyrrole nitrogens is 1. The van der Waals surface area contributed by atoms with Crippen molar-refractivity contribution in [1.82, 2.24) is 10.2 Å². The lowest BCUT2D eigenvalue weighted by Gasteiger charge is -2.17. The van der Waals surface area contributed by atoms with Gasteiger partial charge in [0.25, 0.3) is 0 Å². The molecule has 2 rings (SSSR count). The molecule has 0 spiro atoms. The Bertz CT molecular complexity index is 499. The van der Waals surface area contributed by atoms with Crippen LogP contribution in [0.3, 0.4) is 0 Å². The number of hydrogen-bond acceptors (Lipinski definition) is 3. The minimum absolute atomic E-state index is 0.604. The number of nitrogens with two attached hydrogens (primary N) is 1. The number of aryl methyl sites for hydroxylation is 1. The first-order valence-electron chi connectivity index (χ1n) is 5.17. The molecule has 0 aliphatic rings. The van der Waals surface area contributed by atoms with Crippen LogP contribution in [0.25, 0.3) is 11.1 Å². The molecular weight excluding hydrogens is 200 g/mol. The lowest BCUT2D eigenvalue weighted by atomic mass is 10.0. The van der Waals surface area contributed by atoms with Gasteiger partial charge >= 0.3 is 0 Å². The number of anilines is 2. The molecule has 0 atom stereocenters. The molecule has 0 saturated carbocycles. The summed E-state index contributed by atoms with van der Waals surface area (Å²) in [6.07, 6.45) is 1.76. The summed E-state index contributed by atoms with van der Waals surface area (Å²) in [5.74, 6) is 0.604. The van der Waals surface area contributed by atoms with Crippen molar-refractivity contribution in [2.45, 2.75) is 6.92 Å². The van der Waals surface area contributed by atoms with Crippen molar-refractivity contribution in [2.75, 3.05) is 24.7 Å². The second-order valence-corrected chi connectivity index (χ2v) is 4.11. The molecule has 0 amide bonds. The first-order chi connectivity index (χ1) is 7.59. The maximum absolute atomic E-state index is 5.84. The Morgan fingerprint density at radius 2 is 2.00 bits per heavy atom. The Morgan fingerprint density at radius 1 is 1.25 bits per heavy atom. The molecule has 0 unspecified atom stereocenters.